The molecule has 3 aliphatic rings. The summed E-state index contributed by atoms with van der Waals surface area (Å²) in [7, 11) is 1.81. The quantitative estimate of drug-likeness (QED) is 0.763. The van der Waals surface area contributed by atoms with Crippen LogP contribution in [0.5, 0.6) is 5.75 Å². The highest BCUT2D eigenvalue weighted by molar-refractivity contribution is 5.86. The van der Waals surface area contributed by atoms with E-state index in [1.807, 2.05) is 14.0 Å². The summed E-state index contributed by atoms with van der Waals surface area (Å²) in [6.45, 7) is 3.27. The predicted octanol–water partition coefficient (Wildman–Crippen LogP) is 2.74. The molecule has 10 heteroatoms. The fourth-order valence-corrected chi connectivity index (χ4v) is 4.65. The van der Waals surface area contributed by atoms with Gasteiger partial charge in [-0.15, -0.1) is 0 Å². The Kier molecular flexibility index (Phi) is 4.10. The lowest BCUT2D eigenvalue weighted by atomic mass is 9.91. The van der Waals surface area contributed by atoms with Gasteiger partial charge in [0.1, 0.15) is 11.5 Å². The lowest BCUT2D eigenvalue weighted by molar-refractivity contribution is -0.134. The Hall–Kier alpha value is -2.72. The number of aromatic nitrogens is 1. The molecule has 160 valence electrons. The number of hydroxylamine groups is 2. The van der Waals surface area contributed by atoms with Crippen LogP contribution in [-0.4, -0.2) is 53.2 Å². The largest absolute Gasteiger partial charge is 0.511 e. The van der Waals surface area contributed by atoms with Crippen molar-refractivity contribution in [2.45, 2.75) is 31.3 Å². The Labute approximate surface area is 170 Å². The normalized spacial score (nSPS) is 26.4. The fourth-order valence-electron chi connectivity index (χ4n) is 4.65. The molecule has 2 aliphatic heterocycles. The van der Waals surface area contributed by atoms with E-state index in [4.69, 9.17) is 9.94 Å². The molecule has 0 bridgehead atoms. The number of hydrogen-bond donors (Lipinski definition) is 1. The Morgan fingerprint density at radius 1 is 1.37 bits per heavy atom. The minimum atomic E-state index is -1.66. The molecular formula is C20H21F2N3O5. The van der Waals surface area contributed by atoms with Gasteiger partial charge in [0.2, 0.25) is 5.43 Å². The van der Waals surface area contributed by atoms with E-state index >= 15 is 8.78 Å². The Morgan fingerprint density at radius 2 is 2.10 bits per heavy atom. The Morgan fingerprint density at radius 3 is 2.73 bits per heavy atom. The van der Waals surface area contributed by atoms with Crippen LogP contribution >= 0.6 is 0 Å². The molecule has 1 aromatic heterocycles. The van der Waals surface area contributed by atoms with E-state index in [1.165, 1.54) is 10.8 Å². The van der Waals surface area contributed by atoms with E-state index in [0.29, 0.717) is 19.7 Å². The molecule has 30 heavy (non-hydrogen) atoms. The molecule has 1 aromatic carbocycles. The summed E-state index contributed by atoms with van der Waals surface area (Å²) in [6.07, 6.45) is 1.06. The molecule has 2 saturated heterocycles. The minimum Gasteiger partial charge on any atom is -0.449 e. The van der Waals surface area contributed by atoms with Crippen molar-refractivity contribution in [3.63, 3.8) is 0 Å². The molecule has 0 radical (unpaired) electrons. The van der Waals surface area contributed by atoms with E-state index < -0.39 is 29.0 Å². The van der Waals surface area contributed by atoms with Crippen molar-refractivity contribution in [1.29, 1.82) is 0 Å². The second-order valence-corrected chi connectivity index (χ2v) is 8.47. The van der Waals surface area contributed by atoms with E-state index in [2.05, 4.69) is 4.74 Å². The van der Waals surface area contributed by atoms with Crippen LogP contribution in [0.4, 0.5) is 19.3 Å². The Bertz CT molecular complexity index is 1130. The number of fused-ring (bicyclic) bond motifs is 2. The van der Waals surface area contributed by atoms with Crippen LogP contribution in [0.15, 0.2) is 17.1 Å². The van der Waals surface area contributed by atoms with Crippen LogP contribution in [0.25, 0.3) is 10.9 Å². The van der Waals surface area contributed by atoms with Crippen LogP contribution in [0.3, 0.4) is 0 Å². The van der Waals surface area contributed by atoms with Crippen LogP contribution in [0, 0.1) is 17.6 Å². The van der Waals surface area contributed by atoms with Crippen molar-refractivity contribution < 1.29 is 28.3 Å². The molecule has 1 aliphatic carbocycles. The van der Waals surface area contributed by atoms with Crippen LogP contribution in [0.2, 0.25) is 0 Å². The van der Waals surface area contributed by atoms with Crippen molar-refractivity contribution in [2.24, 2.45) is 5.92 Å². The molecule has 2 aromatic rings. The van der Waals surface area contributed by atoms with Gasteiger partial charge in [0, 0.05) is 32.1 Å². The number of hydrogen-bond acceptors (Lipinski definition) is 6. The summed E-state index contributed by atoms with van der Waals surface area (Å²) >= 11 is 0. The summed E-state index contributed by atoms with van der Waals surface area (Å²) in [4.78, 5) is 30.8. The molecule has 3 heterocycles. The average Bonchev–Trinajstić information content (AvgIpc) is 3.40. The zero-order valence-electron chi connectivity index (χ0n) is 16.5. The summed E-state index contributed by atoms with van der Waals surface area (Å²) in [5.41, 5.74) is -1.42. The molecule has 5 rings (SSSR count). The summed E-state index contributed by atoms with van der Waals surface area (Å²) < 4.78 is 36.9. The molecule has 0 amide bonds. The maximum absolute atomic E-state index is 15.8. The SMILES string of the molecule is CN1OCC2CN(c3c(F)cc4c(=O)c(OC(=O)O)cn(C5CC5)c4c3F)CC21C. The number of rotatable bonds is 3. The first-order valence-electron chi connectivity index (χ1n) is 9.80. The van der Waals surface area contributed by atoms with E-state index in [0.717, 1.165) is 18.9 Å². The number of anilines is 1. The smallest absolute Gasteiger partial charge is 0.449 e. The summed E-state index contributed by atoms with van der Waals surface area (Å²) in [5, 5.41) is 10.4. The topological polar surface area (TPSA) is 84.2 Å². The number of carbonyl (C=O) groups is 1. The van der Waals surface area contributed by atoms with Crippen LogP contribution in [-0.2, 0) is 4.84 Å². The number of ether oxygens (including phenoxy) is 1. The van der Waals surface area contributed by atoms with Crippen molar-refractivity contribution >= 4 is 22.7 Å². The second kappa shape index (κ2) is 6.39. The monoisotopic (exact) mass is 421 g/mol. The number of carboxylic acid groups (broad SMARTS) is 1. The number of nitrogens with zero attached hydrogens (tertiary/aromatic N) is 3. The van der Waals surface area contributed by atoms with Gasteiger partial charge in [0.05, 0.1) is 29.2 Å². The lowest BCUT2D eigenvalue weighted by Crippen LogP contribution is -2.44. The fraction of sp³-hybridized carbons (Fsp3) is 0.500. The molecule has 1 saturated carbocycles. The first-order valence-corrected chi connectivity index (χ1v) is 9.80. The van der Waals surface area contributed by atoms with Gasteiger partial charge in [-0.05, 0) is 25.8 Å². The average molecular weight is 421 g/mol. The highest BCUT2D eigenvalue weighted by Gasteiger charge is 2.52. The molecule has 2 unspecified atom stereocenters. The maximum atomic E-state index is 15.8. The van der Waals surface area contributed by atoms with Crippen LogP contribution < -0.4 is 15.1 Å². The molecule has 2 atom stereocenters. The standard InChI is InChI=1S/C20H21F2N3O5/c1-20-9-24(6-10(20)8-29-23(20)2)17-13(21)5-12-16(15(17)22)25(11-3-4-11)7-14(18(12)26)30-19(27)28/h5,7,10-11H,3-4,6,8-9H2,1-2H3,(H,27,28). The maximum Gasteiger partial charge on any atom is 0.511 e. The number of benzene rings is 1. The zero-order chi connectivity index (χ0) is 21.4. The minimum absolute atomic E-state index is 0.0246. The van der Waals surface area contributed by atoms with Gasteiger partial charge in [-0.2, -0.15) is 5.06 Å². The van der Waals surface area contributed by atoms with Crippen molar-refractivity contribution in [2.75, 3.05) is 31.6 Å². The first kappa shape index (κ1) is 19.3. The van der Waals surface area contributed by atoms with Gasteiger partial charge in [0.25, 0.3) is 0 Å². The molecule has 0 spiro atoms. The van der Waals surface area contributed by atoms with Gasteiger partial charge < -0.3 is 19.3 Å². The molecule has 3 fully saturated rings. The van der Waals surface area contributed by atoms with Crippen molar-refractivity contribution in [1.82, 2.24) is 9.63 Å². The highest BCUT2D eigenvalue weighted by Crippen LogP contribution is 2.44. The van der Waals surface area contributed by atoms with Gasteiger partial charge in [0.15, 0.2) is 11.6 Å². The third kappa shape index (κ3) is 2.70. The molecule has 1 N–H and O–H groups in total. The highest BCUT2D eigenvalue weighted by atomic mass is 19.1. The number of pyridine rings is 1. The van der Waals surface area contributed by atoms with Gasteiger partial charge in [-0.3, -0.25) is 9.63 Å². The van der Waals surface area contributed by atoms with E-state index in [9.17, 15) is 9.59 Å². The second-order valence-electron chi connectivity index (χ2n) is 8.47. The third-order valence-corrected chi connectivity index (χ3v) is 6.62. The van der Waals surface area contributed by atoms with Crippen LogP contribution in [0.1, 0.15) is 25.8 Å². The summed E-state index contributed by atoms with van der Waals surface area (Å²) in [6, 6.07) is 0.896. The summed E-state index contributed by atoms with van der Waals surface area (Å²) in [5.74, 6) is -2.05. The Balaban J connectivity index is 1.68. The van der Waals surface area contributed by atoms with Crippen molar-refractivity contribution in [3.05, 3.63) is 34.1 Å². The van der Waals surface area contributed by atoms with E-state index in [-0.39, 0.29) is 34.1 Å². The lowest BCUT2D eigenvalue weighted by Gasteiger charge is -2.30. The van der Waals surface area contributed by atoms with Gasteiger partial charge in [-0.25, -0.2) is 13.6 Å². The van der Waals surface area contributed by atoms with Crippen molar-refractivity contribution in [3.8, 4) is 5.75 Å². The molecular weight excluding hydrogens is 400 g/mol. The van der Waals surface area contributed by atoms with Gasteiger partial charge in [-0.1, -0.05) is 0 Å². The third-order valence-electron chi connectivity index (χ3n) is 6.62. The zero-order valence-corrected chi connectivity index (χ0v) is 16.5. The first-order chi connectivity index (χ1) is 14.2. The number of likely N-dealkylation sites (N-methyl/N-ethyl adjacent to an activating group) is 1. The number of halogens is 2. The van der Waals surface area contributed by atoms with E-state index in [1.54, 1.807) is 9.96 Å². The van der Waals surface area contributed by atoms with Gasteiger partial charge >= 0.3 is 6.16 Å². The predicted molar refractivity (Wildman–Crippen MR) is 103 cm³/mol. The molecule has 8 nitrogen and oxygen atoms in total.